The van der Waals surface area contributed by atoms with Crippen molar-refractivity contribution in [3.05, 3.63) is 94.8 Å². The molecule has 208 valence electrons. The predicted octanol–water partition coefficient (Wildman–Crippen LogP) is 6.07. The second-order valence-electron chi connectivity index (χ2n) is 10.6. The van der Waals surface area contributed by atoms with E-state index in [4.69, 9.17) is 10.5 Å². The Hall–Kier alpha value is -3.06. The van der Waals surface area contributed by atoms with E-state index in [0.717, 1.165) is 36.0 Å². The molecule has 5 nitrogen and oxygen atoms in total. The molecule has 0 aliphatic carbocycles. The number of halogens is 1. The molecule has 0 spiro atoms. The Balaban J connectivity index is 1.63. The number of carbonyl (C=O) groups excluding carboxylic acids is 1. The zero-order chi connectivity index (χ0) is 27.8. The molecule has 3 N–H and O–H groups in total. The molecule has 3 aromatic carbocycles. The zero-order valence-corrected chi connectivity index (χ0v) is 23.2. The number of benzene rings is 3. The van der Waals surface area contributed by atoms with Gasteiger partial charge >= 0.3 is 0 Å². The van der Waals surface area contributed by atoms with E-state index >= 15 is 4.39 Å². The number of nitrogens with zero attached hydrogens (tertiary/aromatic N) is 1. The van der Waals surface area contributed by atoms with Crippen molar-refractivity contribution < 1.29 is 19.0 Å². The lowest BCUT2D eigenvalue weighted by molar-refractivity contribution is -0.0551. The molecule has 0 saturated carbocycles. The average Bonchev–Trinajstić information content (AvgIpc) is 2.98. The second-order valence-corrected chi connectivity index (χ2v) is 10.6. The first kappa shape index (κ1) is 28.9. The number of ether oxygens (including phenoxy) is 1. The topological polar surface area (TPSA) is 75.8 Å². The van der Waals surface area contributed by atoms with Crippen LogP contribution >= 0.6 is 0 Å². The van der Waals surface area contributed by atoms with Gasteiger partial charge in [0.1, 0.15) is 5.82 Å². The van der Waals surface area contributed by atoms with Gasteiger partial charge in [0, 0.05) is 44.5 Å². The Morgan fingerprint density at radius 1 is 1.05 bits per heavy atom. The maximum absolute atomic E-state index is 15.5. The molecular weight excluding hydrogens is 491 g/mol. The van der Waals surface area contributed by atoms with Gasteiger partial charge in [0.2, 0.25) is 0 Å². The van der Waals surface area contributed by atoms with Gasteiger partial charge in [-0.25, -0.2) is 4.39 Å². The number of hydrogen-bond donors (Lipinski definition) is 2. The van der Waals surface area contributed by atoms with Gasteiger partial charge in [-0.1, -0.05) is 55.5 Å². The van der Waals surface area contributed by atoms with Gasteiger partial charge in [-0.15, -0.1) is 0 Å². The molecule has 0 bridgehead atoms. The predicted molar refractivity (Wildman–Crippen MR) is 154 cm³/mol. The lowest BCUT2D eigenvalue weighted by Crippen LogP contribution is -2.45. The number of piperidine rings is 1. The lowest BCUT2D eigenvalue weighted by atomic mass is 9.71. The maximum Gasteiger partial charge on any atom is 0.253 e. The number of aryl methyl sites for hydroxylation is 1. The fourth-order valence-corrected chi connectivity index (χ4v) is 5.90. The number of nitrogens with two attached hydrogens (primary N) is 1. The lowest BCUT2D eigenvalue weighted by Gasteiger charge is -2.43. The van der Waals surface area contributed by atoms with Crippen molar-refractivity contribution in [1.82, 2.24) is 4.90 Å². The normalized spacial score (nSPS) is 15.8. The van der Waals surface area contributed by atoms with Crippen LogP contribution in [0.15, 0.2) is 66.7 Å². The number of carbonyl (C=O) groups is 1. The molecule has 3 aromatic rings. The first-order valence-corrected chi connectivity index (χ1v) is 14.1. The van der Waals surface area contributed by atoms with E-state index in [1.807, 2.05) is 59.5 Å². The SMILES string of the molecule is CCc1cccc(-c2c(F)cccc2[C@](O)(CCCCOC)C2CCN(C(=O)c3cccc(CN)c3)CC2)c1. The second kappa shape index (κ2) is 13.3. The highest BCUT2D eigenvalue weighted by Crippen LogP contribution is 2.45. The van der Waals surface area contributed by atoms with Crippen LogP contribution < -0.4 is 5.73 Å². The maximum atomic E-state index is 15.5. The monoisotopic (exact) mass is 532 g/mol. The largest absolute Gasteiger partial charge is 0.385 e. The Labute approximate surface area is 231 Å². The third-order valence-electron chi connectivity index (χ3n) is 8.13. The van der Waals surface area contributed by atoms with Crippen molar-refractivity contribution in [2.45, 2.75) is 57.6 Å². The van der Waals surface area contributed by atoms with Gasteiger partial charge in [-0.05, 0) is 84.9 Å². The molecule has 6 heteroatoms. The minimum atomic E-state index is -1.23. The highest BCUT2D eigenvalue weighted by Gasteiger charge is 2.42. The fourth-order valence-electron chi connectivity index (χ4n) is 5.90. The quantitative estimate of drug-likeness (QED) is 0.294. The van der Waals surface area contributed by atoms with Crippen molar-refractivity contribution >= 4 is 5.91 Å². The molecule has 0 radical (unpaired) electrons. The summed E-state index contributed by atoms with van der Waals surface area (Å²) in [5, 5.41) is 12.5. The van der Waals surface area contributed by atoms with Crippen LogP contribution in [0, 0.1) is 11.7 Å². The number of hydrogen-bond acceptors (Lipinski definition) is 4. The van der Waals surface area contributed by atoms with Gasteiger partial charge in [0.15, 0.2) is 0 Å². The number of aliphatic hydroxyl groups is 1. The number of unbranched alkanes of at least 4 members (excludes halogenated alkanes) is 1. The average molecular weight is 533 g/mol. The highest BCUT2D eigenvalue weighted by molar-refractivity contribution is 5.94. The van der Waals surface area contributed by atoms with Crippen LogP contribution in [-0.4, -0.2) is 42.7 Å². The van der Waals surface area contributed by atoms with Crippen LogP contribution in [0.4, 0.5) is 4.39 Å². The first-order chi connectivity index (χ1) is 18.9. The molecule has 0 unspecified atom stereocenters. The summed E-state index contributed by atoms with van der Waals surface area (Å²) in [5.74, 6) is -0.465. The molecule has 1 saturated heterocycles. The summed E-state index contributed by atoms with van der Waals surface area (Å²) in [6.45, 7) is 4.14. The summed E-state index contributed by atoms with van der Waals surface area (Å²) >= 11 is 0. The third kappa shape index (κ3) is 6.57. The molecule has 0 aromatic heterocycles. The number of likely N-dealkylation sites (tertiary alicyclic amines) is 1. The molecule has 1 atom stereocenters. The van der Waals surface area contributed by atoms with E-state index < -0.39 is 5.60 Å². The van der Waals surface area contributed by atoms with Crippen molar-refractivity contribution in [1.29, 1.82) is 0 Å². The molecule has 1 amide bonds. The summed E-state index contributed by atoms with van der Waals surface area (Å²) in [4.78, 5) is 15.1. The smallest absolute Gasteiger partial charge is 0.253 e. The third-order valence-corrected chi connectivity index (χ3v) is 8.13. The van der Waals surface area contributed by atoms with E-state index in [0.29, 0.717) is 62.2 Å². The van der Waals surface area contributed by atoms with E-state index in [1.165, 1.54) is 6.07 Å². The van der Waals surface area contributed by atoms with Crippen LogP contribution in [0.1, 0.15) is 66.1 Å². The highest BCUT2D eigenvalue weighted by atomic mass is 19.1. The van der Waals surface area contributed by atoms with Gasteiger partial charge in [0.25, 0.3) is 5.91 Å². The van der Waals surface area contributed by atoms with E-state index in [-0.39, 0.29) is 17.6 Å². The van der Waals surface area contributed by atoms with Gasteiger partial charge in [-0.3, -0.25) is 4.79 Å². The van der Waals surface area contributed by atoms with E-state index in [9.17, 15) is 9.90 Å². The van der Waals surface area contributed by atoms with Crippen LogP contribution in [0.3, 0.4) is 0 Å². The molecule has 1 aliphatic heterocycles. The Kier molecular flexibility index (Phi) is 9.89. The molecule has 1 aliphatic rings. The number of rotatable bonds is 11. The van der Waals surface area contributed by atoms with Crippen LogP contribution in [0.25, 0.3) is 11.1 Å². The molecule has 1 heterocycles. The summed E-state index contributed by atoms with van der Waals surface area (Å²) in [6.07, 6.45) is 4.17. The van der Waals surface area contributed by atoms with Gasteiger partial charge in [0.05, 0.1) is 5.60 Å². The summed E-state index contributed by atoms with van der Waals surface area (Å²) in [7, 11) is 1.67. The van der Waals surface area contributed by atoms with Gasteiger partial charge in [-0.2, -0.15) is 0 Å². The molecule has 1 fully saturated rings. The van der Waals surface area contributed by atoms with Gasteiger partial charge < -0.3 is 20.5 Å². The minimum Gasteiger partial charge on any atom is -0.385 e. The van der Waals surface area contributed by atoms with Crippen molar-refractivity contribution in [2.24, 2.45) is 11.7 Å². The van der Waals surface area contributed by atoms with Crippen LogP contribution in [0.5, 0.6) is 0 Å². The van der Waals surface area contributed by atoms with Crippen LogP contribution in [0.2, 0.25) is 0 Å². The summed E-state index contributed by atoms with van der Waals surface area (Å²) in [5.41, 5.74) is 9.10. The fraction of sp³-hybridized carbons (Fsp3) is 0.424. The van der Waals surface area contributed by atoms with Crippen LogP contribution in [-0.2, 0) is 23.3 Å². The molecular formula is C33H41FN2O3. The van der Waals surface area contributed by atoms with Crippen molar-refractivity contribution in [3.8, 4) is 11.1 Å². The first-order valence-electron chi connectivity index (χ1n) is 14.1. The number of methoxy groups -OCH3 is 1. The van der Waals surface area contributed by atoms with Crippen molar-refractivity contribution in [3.63, 3.8) is 0 Å². The van der Waals surface area contributed by atoms with Crippen molar-refractivity contribution in [2.75, 3.05) is 26.8 Å². The number of amides is 1. The Bertz CT molecular complexity index is 1260. The molecule has 39 heavy (non-hydrogen) atoms. The van der Waals surface area contributed by atoms with E-state index in [1.54, 1.807) is 13.2 Å². The summed E-state index contributed by atoms with van der Waals surface area (Å²) in [6, 6.07) is 20.4. The summed E-state index contributed by atoms with van der Waals surface area (Å²) < 4.78 is 20.8. The Morgan fingerprint density at radius 3 is 2.49 bits per heavy atom. The van der Waals surface area contributed by atoms with E-state index in [2.05, 4.69) is 6.92 Å². The molecule has 4 rings (SSSR count). The Morgan fingerprint density at radius 2 is 1.77 bits per heavy atom. The standard InChI is InChI=1S/C33H41FN2O3/c1-3-24-9-6-11-26(21-24)31-29(13-8-14-30(31)34)33(38,17-4-5-20-39-2)28-15-18-36(19-16-28)32(37)27-12-7-10-25(22-27)23-35/h6-14,21-22,28,38H,3-5,15-20,23,35H2,1-2H3/t33-/m0/s1. The zero-order valence-electron chi connectivity index (χ0n) is 23.2. The minimum absolute atomic E-state index is 0.0183.